The number of nitrogen functional groups attached to an aromatic ring is 1. The number of nitro benzene ring substituents is 1. The predicted molar refractivity (Wildman–Crippen MR) is 119 cm³/mol. The van der Waals surface area contributed by atoms with E-state index in [2.05, 4.69) is 46.3 Å². The van der Waals surface area contributed by atoms with Gasteiger partial charge >= 0.3 is 0 Å². The summed E-state index contributed by atoms with van der Waals surface area (Å²) < 4.78 is 13.6. The molecule has 2 aromatic rings. The van der Waals surface area contributed by atoms with Crippen molar-refractivity contribution in [2.75, 3.05) is 49.9 Å². The Morgan fingerprint density at radius 3 is 2.61 bits per heavy atom. The van der Waals surface area contributed by atoms with Gasteiger partial charge in [-0.05, 0) is 50.1 Å². The van der Waals surface area contributed by atoms with Crippen molar-refractivity contribution in [2.24, 2.45) is 0 Å². The molecule has 166 valence electrons. The molecule has 1 saturated heterocycles. The summed E-state index contributed by atoms with van der Waals surface area (Å²) in [6.07, 6.45) is 1.66. The van der Waals surface area contributed by atoms with Crippen LogP contribution in [0, 0.1) is 22.9 Å². The second-order valence-corrected chi connectivity index (χ2v) is 7.77. The lowest BCUT2D eigenvalue weighted by Gasteiger charge is -2.36. The van der Waals surface area contributed by atoms with Crippen molar-refractivity contribution in [1.82, 2.24) is 10.2 Å². The highest BCUT2D eigenvalue weighted by Crippen LogP contribution is 2.26. The number of nitrogens with one attached hydrogen (secondary N) is 1. The Morgan fingerprint density at radius 1 is 1.19 bits per heavy atom. The number of rotatable bonds is 8. The molecule has 2 aromatic carbocycles. The van der Waals surface area contributed by atoms with E-state index >= 15 is 0 Å². The van der Waals surface area contributed by atoms with Crippen molar-refractivity contribution in [3.8, 4) is 0 Å². The number of hydrogen-bond donors (Lipinski definition) is 2. The fraction of sp³-hybridized carbons (Fsp3) is 0.409. The number of nitrogens with zero attached hydrogens (tertiary/aromatic N) is 3. The first-order valence-corrected chi connectivity index (χ1v) is 10.4. The van der Waals surface area contributed by atoms with Crippen LogP contribution in [0.1, 0.15) is 28.8 Å². The van der Waals surface area contributed by atoms with Gasteiger partial charge < -0.3 is 16.0 Å². The van der Waals surface area contributed by atoms with Crippen LogP contribution in [0.25, 0.3) is 0 Å². The third kappa shape index (κ3) is 5.91. The lowest BCUT2D eigenvalue weighted by Crippen LogP contribution is -2.46. The lowest BCUT2D eigenvalue weighted by molar-refractivity contribution is -0.384. The van der Waals surface area contributed by atoms with E-state index in [4.69, 9.17) is 5.73 Å². The molecule has 1 heterocycles. The molecule has 0 spiro atoms. The summed E-state index contributed by atoms with van der Waals surface area (Å²) in [4.78, 5) is 27.2. The number of halogens is 1. The van der Waals surface area contributed by atoms with Crippen LogP contribution in [0.3, 0.4) is 0 Å². The fourth-order valence-corrected chi connectivity index (χ4v) is 3.75. The zero-order chi connectivity index (χ0) is 22.4. The monoisotopic (exact) mass is 429 g/mol. The quantitative estimate of drug-likeness (QED) is 0.289. The zero-order valence-electron chi connectivity index (χ0n) is 17.6. The molecule has 3 N–H and O–H groups in total. The smallest absolute Gasteiger partial charge is 0.295 e. The molecule has 8 nitrogen and oxygen atoms in total. The molecule has 1 aliphatic heterocycles. The van der Waals surface area contributed by atoms with E-state index in [-0.39, 0.29) is 11.3 Å². The van der Waals surface area contributed by atoms with E-state index in [0.29, 0.717) is 12.6 Å². The minimum atomic E-state index is -0.865. The first-order valence-electron chi connectivity index (χ1n) is 10.4. The van der Waals surface area contributed by atoms with Gasteiger partial charge in [0.25, 0.3) is 11.6 Å². The van der Waals surface area contributed by atoms with E-state index in [1.54, 1.807) is 0 Å². The molecule has 1 amide bonds. The van der Waals surface area contributed by atoms with Gasteiger partial charge in [-0.3, -0.25) is 19.8 Å². The van der Waals surface area contributed by atoms with Gasteiger partial charge in [0, 0.05) is 38.4 Å². The lowest BCUT2D eigenvalue weighted by atomic mass is 10.1. The Balaban J connectivity index is 1.38. The maximum atomic E-state index is 13.6. The molecule has 1 aliphatic rings. The predicted octanol–water partition coefficient (Wildman–Crippen LogP) is 2.96. The van der Waals surface area contributed by atoms with Crippen LogP contribution < -0.4 is 16.0 Å². The molecule has 9 heteroatoms. The third-order valence-electron chi connectivity index (χ3n) is 5.49. The summed E-state index contributed by atoms with van der Waals surface area (Å²) in [5.41, 5.74) is 7.05. The van der Waals surface area contributed by atoms with Crippen LogP contribution in [0.4, 0.5) is 21.5 Å². The number of hydrogen-bond acceptors (Lipinski definition) is 6. The van der Waals surface area contributed by atoms with Gasteiger partial charge in [0.05, 0.1) is 16.6 Å². The van der Waals surface area contributed by atoms with Gasteiger partial charge in [-0.1, -0.05) is 12.1 Å². The summed E-state index contributed by atoms with van der Waals surface area (Å²) in [5, 5.41) is 13.6. The third-order valence-corrected chi connectivity index (χ3v) is 5.49. The molecule has 1 fully saturated rings. The normalized spacial score (nSPS) is 14.5. The Labute approximate surface area is 181 Å². The summed E-state index contributed by atoms with van der Waals surface area (Å²) in [6, 6.07) is 10.2. The fourth-order valence-electron chi connectivity index (χ4n) is 3.75. The number of carbonyl (C=O) groups is 1. The Kier molecular flexibility index (Phi) is 7.41. The first-order chi connectivity index (χ1) is 14.8. The summed E-state index contributed by atoms with van der Waals surface area (Å²) >= 11 is 0. The molecule has 0 unspecified atom stereocenters. The second kappa shape index (κ2) is 10.2. The Morgan fingerprint density at radius 2 is 1.94 bits per heavy atom. The number of aryl methyl sites for hydroxylation is 1. The van der Waals surface area contributed by atoms with E-state index < -0.39 is 22.3 Å². The average Bonchev–Trinajstić information content (AvgIpc) is 2.75. The van der Waals surface area contributed by atoms with Gasteiger partial charge in [0.1, 0.15) is 11.5 Å². The number of unbranched alkanes of at least 4 members (excludes halogenated alkanes) is 1. The molecular formula is C22H28FN5O3. The van der Waals surface area contributed by atoms with Crippen LogP contribution in [0.5, 0.6) is 0 Å². The van der Waals surface area contributed by atoms with Crippen LogP contribution in [0.2, 0.25) is 0 Å². The van der Waals surface area contributed by atoms with Crippen molar-refractivity contribution >= 4 is 23.0 Å². The molecule has 0 aromatic heterocycles. The number of nitro groups is 1. The molecule has 0 bridgehead atoms. The van der Waals surface area contributed by atoms with Gasteiger partial charge in [0.2, 0.25) is 0 Å². The summed E-state index contributed by atoms with van der Waals surface area (Å²) in [5.74, 6) is -1.47. The second-order valence-electron chi connectivity index (χ2n) is 7.77. The SMILES string of the molecule is Cc1cccc(N2CCN(CCCCNC(=O)c3cc(F)cc([N+](=O)[O-])c3N)CC2)c1. The number of anilines is 2. The van der Waals surface area contributed by atoms with Crippen molar-refractivity contribution in [2.45, 2.75) is 19.8 Å². The number of piperazine rings is 1. The largest absolute Gasteiger partial charge is 0.393 e. The van der Waals surface area contributed by atoms with Gasteiger partial charge in [-0.25, -0.2) is 4.39 Å². The van der Waals surface area contributed by atoms with Gasteiger partial charge in [-0.2, -0.15) is 0 Å². The molecular weight excluding hydrogens is 401 g/mol. The molecule has 0 aliphatic carbocycles. The maximum Gasteiger partial charge on any atom is 0.295 e. The summed E-state index contributed by atoms with van der Waals surface area (Å²) in [6.45, 7) is 7.38. The number of amides is 1. The molecule has 3 rings (SSSR count). The maximum absolute atomic E-state index is 13.6. The highest BCUT2D eigenvalue weighted by atomic mass is 19.1. The van der Waals surface area contributed by atoms with E-state index in [1.165, 1.54) is 11.3 Å². The average molecular weight is 429 g/mol. The van der Waals surface area contributed by atoms with Crippen molar-refractivity contribution < 1.29 is 14.1 Å². The topological polar surface area (TPSA) is 105 Å². The Bertz CT molecular complexity index is 945. The van der Waals surface area contributed by atoms with Gasteiger partial charge in [0.15, 0.2) is 0 Å². The highest BCUT2D eigenvalue weighted by Gasteiger charge is 2.21. The molecule has 0 atom stereocenters. The minimum Gasteiger partial charge on any atom is -0.393 e. The molecule has 0 saturated carbocycles. The van der Waals surface area contributed by atoms with Crippen LogP contribution in [-0.4, -0.2) is 55.0 Å². The van der Waals surface area contributed by atoms with Gasteiger partial charge in [-0.15, -0.1) is 0 Å². The number of carbonyl (C=O) groups excluding carboxylic acids is 1. The first kappa shape index (κ1) is 22.5. The Hall–Kier alpha value is -3.20. The minimum absolute atomic E-state index is 0.209. The molecule has 31 heavy (non-hydrogen) atoms. The van der Waals surface area contributed by atoms with Crippen LogP contribution >= 0.6 is 0 Å². The zero-order valence-corrected chi connectivity index (χ0v) is 17.6. The van der Waals surface area contributed by atoms with Crippen molar-refractivity contribution in [3.05, 3.63) is 63.5 Å². The summed E-state index contributed by atoms with van der Waals surface area (Å²) in [7, 11) is 0. The van der Waals surface area contributed by atoms with Crippen LogP contribution in [-0.2, 0) is 0 Å². The molecule has 0 radical (unpaired) electrons. The van der Waals surface area contributed by atoms with Crippen molar-refractivity contribution in [1.29, 1.82) is 0 Å². The number of benzene rings is 2. The highest BCUT2D eigenvalue weighted by molar-refractivity contribution is 6.01. The number of nitrogens with two attached hydrogens (primary N) is 1. The van der Waals surface area contributed by atoms with E-state index in [1.807, 2.05) is 0 Å². The van der Waals surface area contributed by atoms with E-state index in [0.717, 1.165) is 51.6 Å². The standard InChI is InChI=1S/C22H28FN5O3/c1-16-5-4-6-18(13-16)27-11-9-26(10-12-27)8-3-2-7-25-22(29)19-14-17(23)15-20(21(19)24)28(30)31/h4-6,13-15H,2-3,7-12,24H2,1H3,(H,25,29). The van der Waals surface area contributed by atoms with E-state index in [9.17, 15) is 19.3 Å². The van der Waals surface area contributed by atoms with Crippen LogP contribution in [0.15, 0.2) is 36.4 Å². The van der Waals surface area contributed by atoms with Crippen molar-refractivity contribution in [3.63, 3.8) is 0 Å².